The number of ketones is 1. The van der Waals surface area contributed by atoms with Crippen LogP contribution in [0.15, 0.2) is 6.07 Å². The normalized spacial score (nSPS) is 20.2. The van der Waals surface area contributed by atoms with Crippen molar-refractivity contribution in [2.45, 2.75) is 84.4 Å². The summed E-state index contributed by atoms with van der Waals surface area (Å²) in [4.78, 5) is 11.7. The zero-order chi connectivity index (χ0) is 17.7. The minimum absolute atomic E-state index is 0.170. The highest BCUT2D eigenvalue weighted by molar-refractivity contribution is 6.74. The largest absolute Gasteiger partial charge is 0.410 e. The van der Waals surface area contributed by atoms with Crippen LogP contribution in [0.4, 0.5) is 0 Å². The average molecular weight is 347 g/mol. The maximum Gasteiger partial charge on any atom is 0.192 e. The molecule has 0 saturated carbocycles. The molecular formula is C20H30O3Si. The van der Waals surface area contributed by atoms with Gasteiger partial charge in [-0.05, 0) is 65.7 Å². The molecule has 1 aliphatic carbocycles. The van der Waals surface area contributed by atoms with Crippen LogP contribution in [-0.4, -0.2) is 14.1 Å². The van der Waals surface area contributed by atoms with E-state index in [0.29, 0.717) is 19.6 Å². The molecule has 4 heteroatoms. The van der Waals surface area contributed by atoms with Crippen molar-refractivity contribution in [2.75, 3.05) is 0 Å². The molecule has 1 aromatic carbocycles. The molecular weight excluding hydrogens is 316 g/mol. The molecule has 0 amide bonds. The number of carbonyl (C=O) groups is 1. The summed E-state index contributed by atoms with van der Waals surface area (Å²) >= 11 is 0. The topological polar surface area (TPSA) is 35.5 Å². The molecule has 0 radical (unpaired) electrons. The number of rotatable bonds is 4. The molecule has 1 atom stereocenters. The fraction of sp³-hybridized carbons (Fsp3) is 0.650. The average Bonchev–Trinajstić information content (AvgIpc) is 3.02. The maximum absolute atomic E-state index is 11.7. The summed E-state index contributed by atoms with van der Waals surface area (Å²) < 4.78 is 12.5. The predicted octanol–water partition coefficient (Wildman–Crippen LogP) is 4.86. The van der Waals surface area contributed by atoms with Crippen LogP contribution in [0, 0.1) is 0 Å². The van der Waals surface area contributed by atoms with E-state index in [2.05, 4.69) is 39.9 Å². The zero-order valence-electron chi connectivity index (χ0n) is 15.9. The van der Waals surface area contributed by atoms with Crippen LogP contribution >= 0.6 is 0 Å². The molecule has 24 heavy (non-hydrogen) atoms. The molecule has 0 N–H and O–H groups in total. The number of hydrogen-bond acceptors (Lipinski definition) is 3. The number of Topliss-reactive ketones (excluding diaryl/α,β-unsaturated/α-hetero) is 1. The maximum atomic E-state index is 11.7. The van der Waals surface area contributed by atoms with Crippen LogP contribution in [0.2, 0.25) is 18.1 Å². The molecule has 3 rings (SSSR count). The Labute approximate surface area is 146 Å². The lowest BCUT2D eigenvalue weighted by Crippen LogP contribution is -2.41. The summed E-state index contributed by atoms with van der Waals surface area (Å²) in [7, 11) is -1.83. The van der Waals surface area contributed by atoms with Gasteiger partial charge in [-0.25, -0.2) is 0 Å². The molecule has 2 aliphatic rings. The summed E-state index contributed by atoms with van der Waals surface area (Å²) in [5.74, 6) is 0.227. The van der Waals surface area contributed by atoms with Crippen molar-refractivity contribution in [3.8, 4) is 0 Å². The third kappa shape index (κ3) is 3.12. The van der Waals surface area contributed by atoms with E-state index in [1.54, 1.807) is 6.92 Å². The van der Waals surface area contributed by atoms with E-state index < -0.39 is 8.32 Å². The predicted molar refractivity (Wildman–Crippen MR) is 98.7 cm³/mol. The Balaban J connectivity index is 2.01. The molecule has 0 fully saturated rings. The molecule has 0 aromatic heterocycles. The quantitative estimate of drug-likeness (QED) is 0.731. The minimum Gasteiger partial charge on any atom is -0.410 e. The van der Waals surface area contributed by atoms with Gasteiger partial charge in [0.05, 0.1) is 19.3 Å². The van der Waals surface area contributed by atoms with E-state index in [9.17, 15) is 4.79 Å². The van der Waals surface area contributed by atoms with Crippen molar-refractivity contribution in [1.29, 1.82) is 0 Å². The smallest absolute Gasteiger partial charge is 0.192 e. The first kappa shape index (κ1) is 17.8. The fourth-order valence-electron chi connectivity index (χ4n) is 3.65. The molecule has 1 aliphatic heterocycles. The molecule has 0 spiro atoms. The lowest BCUT2D eigenvalue weighted by molar-refractivity contribution is -0.116. The fourth-order valence-corrected chi connectivity index (χ4v) is 4.96. The number of ether oxygens (including phenoxy) is 1. The second-order valence-corrected chi connectivity index (χ2v) is 13.6. The van der Waals surface area contributed by atoms with Crippen LogP contribution in [0.5, 0.6) is 0 Å². The summed E-state index contributed by atoms with van der Waals surface area (Å²) in [6, 6.07) is 2.21. The molecule has 0 bridgehead atoms. The van der Waals surface area contributed by atoms with E-state index in [1.165, 1.54) is 27.8 Å². The highest BCUT2D eigenvalue weighted by atomic mass is 28.4. The van der Waals surface area contributed by atoms with Gasteiger partial charge in [-0.3, -0.25) is 4.79 Å². The Morgan fingerprint density at radius 3 is 2.62 bits per heavy atom. The Hall–Kier alpha value is -0.973. The lowest BCUT2D eigenvalue weighted by atomic mass is 9.92. The highest BCUT2D eigenvalue weighted by Gasteiger charge is 2.42. The van der Waals surface area contributed by atoms with Crippen LogP contribution in [-0.2, 0) is 40.0 Å². The number of benzene rings is 1. The lowest BCUT2D eigenvalue weighted by Gasteiger charge is -2.39. The van der Waals surface area contributed by atoms with Crippen LogP contribution in [0.25, 0.3) is 0 Å². The van der Waals surface area contributed by atoms with Gasteiger partial charge in [0.25, 0.3) is 0 Å². The van der Waals surface area contributed by atoms with Gasteiger partial charge in [-0.2, -0.15) is 0 Å². The SMILES string of the molecule is CC(=O)Cc1cc2c(c3c1CCC3O[Si](C)(C)C(C)(C)C)COC2. The second kappa shape index (κ2) is 6.08. The van der Waals surface area contributed by atoms with Crippen LogP contribution in [0.1, 0.15) is 68.0 Å². The third-order valence-corrected chi connectivity index (χ3v) is 10.4. The standard InChI is InChI=1S/C20H30O3Si/c1-13(21)9-14-10-15-11-22-12-17(15)19-16(14)7-8-18(19)23-24(5,6)20(2,3)4/h10,18H,7-9,11-12H2,1-6H3. The van der Waals surface area contributed by atoms with E-state index in [4.69, 9.17) is 9.16 Å². The van der Waals surface area contributed by atoms with Crippen molar-refractivity contribution in [2.24, 2.45) is 0 Å². The van der Waals surface area contributed by atoms with Gasteiger partial charge in [0.15, 0.2) is 8.32 Å². The Bertz CT molecular complexity index is 670. The van der Waals surface area contributed by atoms with E-state index in [-0.39, 0.29) is 16.9 Å². The third-order valence-electron chi connectivity index (χ3n) is 5.94. The van der Waals surface area contributed by atoms with Crippen molar-refractivity contribution in [3.63, 3.8) is 0 Å². The molecule has 1 heterocycles. The Morgan fingerprint density at radius 2 is 2.00 bits per heavy atom. The summed E-state index contributed by atoms with van der Waals surface area (Å²) in [6.07, 6.45) is 2.75. The van der Waals surface area contributed by atoms with Gasteiger partial charge in [-0.1, -0.05) is 26.8 Å². The van der Waals surface area contributed by atoms with E-state index >= 15 is 0 Å². The van der Waals surface area contributed by atoms with Gasteiger partial charge in [0, 0.05) is 6.42 Å². The van der Waals surface area contributed by atoms with Gasteiger partial charge in [0.1, 0.15) is 5.78 Å². The number of hydrogen-bond donors (Lipinski definition) is 0. The van der Waals surface area contributed by atoms with Gasteiger partial charge >= 0.3 is 0 Å². The first-order valence-corrected chi connectivity index (χ1v) is 11.9. The number of carbonyl (C=O) groups excluding carboxylic acids is 1. The number of fused-ring (bicyclic) bond motifs is 3. The molecule has 1 unspecified atom stereocenters. The van der Waals surface area contributed by atoms with Crippen molar-refractivity contribution in [3.05, 3.63) is 33.9 Å². The second-order valence-electron chi connectivity index (χ2n) is 8.84. The van der Waals surface area contributed by atoms with Crippen molar-refractivity contribution >= 4 is 14.1 Å². The molecule has 0 saturated heterocycles. The van der Waals surface area contributed by atoms with Crippen LogP contribution < -0.4 is 0 Å². The Morgan fingerprint density at radius 1 is 1.29 bits per heavy atom. The monoisotopic (exact) mass is 346 g/mol. The van der Waals surface area contributed by atoms with Gasteiger partial charge in [-0.15, -0.1) is 0 Å². The molecule has 3 nitrogen and oxygen atoms in total. The van der Waals surface area contributed by atoms with E-state index in [1.807, 2.05) is 0 Å². The first-order valence-electron chi connectivity index (χ1n) is 9.01. The highest BCUT2D eigenvalue weighted by Crippen LogP contribution is 2.47. The summed E-state index contributed by atoms with van der Waals surface area (Å²) in [6.45, 7) is 14.5. The Kier molecular flexibility index (Phi) is 4.52. The summed E-state index contributed by atoms with van der Waals surface area (Å²) in [5, 5.41) is 0.201. The zero-order valence-corrected chi connectivity index (χ0v) is 16.9. The van der Waals surface area contributed by atoms with Crippen molar-refractivity contribution < 1.29 is 14.0 Å². The van der Waals surface area contributed by atoms with E-state index in [0.717, 1.165) is 12.8 Å². The minimum atomic E-state index is -1.83. The van der Waals surface area contributed by atoms with Crippen LogP contribution in [0.3, 0.4) is 0 Å². The van der Waals surface area contributed by atoms with Gasteiger partial charge < -0.3 is 9.16 Å². The van der Waals surface area contributed by atoms with Crippen molar-refractivity contribution in [1.82, 2.24) is 0 Å². The molecule has 1 aromatic rings. The first-order chi connectivity index (χ1) is 11.1. The molecule has 132 valence electrons. The summed E-state index contributed by atoms with van der Waals surface area (Å²) in [5.41, 5.74) is 6.50. The van der Waals surface area contributed by atoms with Gasteiger partial charge in [0.2, 0.25) is 0 Å².